The lowest BCUT2D eigenvalue weighted by Gasteiger charge is -2.06. The van der Waals surface area contributed by atoms with Gasteiger partial charge in [-0.1, -0.05) is 18.2 Å². The maximum absolute atomic E-state index is 11.9. The highest BCUT2D eigenvalue weighted by Crippen LogP contribution is 2.21. The van der Waals surface area contributed by atoms with E-state index in [4.69, 9.17) is 9.84 Å². The molecular weight excluding hydrogens is 272 g/mol. The van der Waals surface area contributed by atoms with Crippen LogP contribution in [-0.4, -0.2) is 41.8 Å². The van der Waals surface area contributed by atoms with Crippen LogP contribution >= 0.6 is 0 Å². The number of ether oxygens (including phenoxy) is 1. The predicted octanol–water partition coefficient (Wildman–Crippen LogP) is 1.03. The molecule has 2 rings (SSSR count). The molecule has 6 nitrogen and oxygen atoms in total. The SMILES string of the molecule is COCCNC(=O)Cn1cc(CC(=O)O)c2ccccc21. The van der Waals surface area contributed by atoms with Crippen LogP contribution in [0.1, 0.15) is 5.56 Å². The third-order valence-corrected chi connectivity index (χ3v) is 3.16. The fourth-order valence-corrected chi connectivity index (χ4v) is 2.26. The maximum Gasteiger partial charge on any atom is 0.307 e. The number of carbonyl (C=O) groups excluding carboxylic acids is 1. The van der Waals surface area contributed by atoms with Gasteiger partial charge in [0.05, 0.1) is 13.0 Å². The summed E-state index contributed by atoms with van der Waals surface area (Å²) < 4.78 is 6.65. The van der Waals surface area contributed by atoms with Crippen molar-refractivity contribution in [2.24, 2.45) is 0 Å². The van der Waals surface area contributed by atoms with Crippen LogP contribution in [0.3, 0.4) is 0 Å². The number of nitrogens with zero attached hydrogens (tertiary/aromatic N) is 1. The van der Waals surface area contributed by atoms with Crippen molar-refractivity contribution < 1.29 is 19.4 Å². The Morgan fingerprint density at radius 3 is 2.81 bits per heavy atom. The predicted molar refractivity (Wildman–Crippen MR) is 78.2 cm³/mol. The summed E-state index contributed by atoms with van der Waals surface area (Å²) in [5.41, 5.74) is 1.57. The number of carbonyl (C=O) groups is 2. The number of carboxylic acids is 1. The zero-order valence-electron chi connectivity index (χ0n) is 11.8. The zero-order chi connectivity index (χ0) is 15.2. The third-order valence-electron chi connectivity index (χ3n) is 3.16. The quantitative estimate of drug-likeness (QED) is 0.746. The van der Waals surface area contributed by atoms with E-state index in [1.165, 1.54) is 0 Å². The second-order valence-corrected chi connectivity index (χ2v) is 4.71. The number of carboxylic acid groups (broad SMARTS) is 1. The second kappa shape index (κ2) is 6.90. The number of methoxy groups -OCH3 is 1. The van der Waals surface area contributed by atoms with E-state index in [2.05, 4.69) is 5.32 Å². The fraction of sp³-hybridized carbons (Fsp3) is 0.333. The van der Waals surface area contributed by atoms with Gasteiger partial charge in [-0.2, -0.15) is 0 Å². The molecule has 1 aromatic heterocycles. The third kappa shape index (κ3) is 3.82. The Hall–Kier alpha value is -2.34. The smallest absolute Gasteiger partial charge is 0.307 e. The van der Waals surface area contributed by atoms with Gasteiger partial charge in [0.15, 0.2) is 0 Å². The Labute approximate surface area is 122 Å². The highest BCUT2D eigenvalue weighted by atomic mass is 16.5. The lowest BCUT2D eigenvalue weighted by atomic mass is 10.1. The summed E-state index contributed by atoms with van der Waals surface area (Å²) in [4.78, 5) is 22.8. The van der Waals surface area contributed by atoms with Gasteiger partial charge in [-0.15, -0.1) is 0 Å². The molecule has 21 heavy (non-hydrogen) atoms. The molecule has 1 aromatic carbocycles. The Bertz CT molecular complexity index is 648. The van der Waals surface area contributed by atoms with Gasteiger partial charge in [-0.05, 0) is 11.6 Å². The fourth-order valence-electron chi connectivity index (χ4n) is 2.26. The van der Waals surface area contributed by atoms with Crippen molar-refractivity contribution >= 4 is 22.8 Å². The topological polar surface area (TPSA) is 80.6 Å². The largest absolute Gasteiger partial charge is 0.481 e. The monoisotopic (exact) mass is 290 g/mol. The van der Waals surface area contributed by atoms with E-state index in [1.54, 1.807) is 17.9 Å². The number of para-hydroxylation sites is 1. The Morgan fingerprint density at radius 2 is 2.10 bits per heavy atom. The van der Waals surface area contributed by atoms with E-state index in [0.29, 0.717) is 18.7 Å². The molecule has 0 saturated carbocycles. The summed E-state index contributed by atoms with van der Waals surface area (Å²) in [6.07, 6.45) is 1.67. The minimum Gasteiger partial charge on any atom is -0.481 e. The Balaban J connectivity index is 2.19. The highest BCUT2D eigenvalue weighted by molar-refractivity contribution is 5.89. The molecule has 0 spiro atoms. The van der Waals surface area contributed by atoms with Gasteiger partial charge in [0, 0.05) is 30.8 Å². The van der Waals surface area contributed by atoms with Crippen LogP contribution in [0.2, 0.25) is 0 Å². The van der Waals surface area contributed by atoms with Crippen LogP contribution in [-0.2, 0) is 27.3 Å². The van der Waals surface area contributed by atoms with Gasteiger partial charge < -0.3 is 19.7 Å². The normalized spacial score (nSPS) is 10.7. The molecule has 0 fully saturated rings. The molecule has 0 atom stereocenters. The number of aromatic nitrogens is 1. The van der Waals surface area contributed by atoms with Crippen molar-refractivity contribution in [2.75, 3.05) is 20.3 Å². The summed E-state index contributed by atoms with van der Waals surface area (Å²) in [7, 11) is 1.57. The number of hydrogen-bond acceptors (Lipinski definition) is 3. The minimum atomic E-state index is -0.887. The van der Waals surface area contributed by atoms with Crippen LogP contribution in [0, 0.1) is 0 Å². The molecular formula is C15H18N2O4. The van der Waals surface area contributed by atoms with E-state index < -0.39 is 5.97 Å². The molecule has 1 amide bonds. The molecule has 2 N–H and O–H groups in total. The van der Waals surface area contributed by atoms with Gasteiger partial charge in [-0.25, -0.2) is 0 Å². The average Bonchev–Trinajstić information content (AvgIpc) is 2.77. The summed E-state index contributed by atoms with van der Waals surface area (Å²) >= 11 is 0. The van der Waals surface area contributed by atoms with E-state index in [1.807, 2.05) is 24.3 Å². The van der Waals surface area contributed by atoms with Crippen molar-refractivity contribution in [2.45, 2.75) is 13.0 Å². The van der Waals surface area contributed by atoms with Gasteiger partial charge in [0.1, 0.15) is 6.54 Å². The number of fused-ring (bicyclic) bond motifs is 1. The number of amides is 1. The van der Waals surface area contributed by atoms with Crippen molar-refractivity contribution in [1.29, 1.82) is 0 Å². The van der Waals surface area contributed by atoms with Crippen LogP contribution in [0.15, 0.2) is 30.5 Å². The first-order chi connectivity index (χ1) is 10.1. The summed E-state index contributed by atoms with van der Waals surface area (Å²) in [6, 6.07) is 7.47. The lowest BCUT2D eigenvalue weighted by Crippen LogP contribution is -2.30. The average molecular weight is 290 g/mol. The number of nitrogens with one attached hydrogen (secondary N) is 1. The van der Waals surface area contributed by atoms with Gasteiger partial charge in [0.25, 0.3) is 0 Å². The summed E-state index contributed by atoms with van der Waals surface area (Å²) in [5.74, 6) is -1.02. The number of benzene rings is 1. The van der Waals surface area contributed by atoms with E-state index >= 15 is 0 Å². The molecule has 0 aliphatic carbocycles. The standard InChI is InChI=1S/C15H18N2O4/c1-21-7-6-16-14(18)10-17-9-11(8-15(19)20)12-4-2-3-5-13(12)17/h2-5,9H,6-8,10H2,1H3,(H,16,18)(H,19,20). The van der Waals surface area contributed by atoms with Crippen molar-refractivity contribution in [3.63, 3.8) is 0 Å². The maximum atomic E-state index is 11.9. The van der Waals surface area contributed by atoms with Crippen LogP contribution in [0.25, 0.3) is 10.9 Å². The van der Waals surface area contributed by atoms with Crippen molar-refractivity contribution in [3.05, 3.63) is 36.0 Å². The highest BCUT2D eigenvalue weighted by Gasteiger charge is 2.12. The van der Waals surface area contributed by atoms with Gasteiger partial charge in [0.2, 0.25) is 5.91 Å². The lowest BCUT2D eigenvalue weighted by molar-refractivity contribution is -0.136. The molecule has 0 radical (unpaired) electrons. The first-order valence-corrected chi connectivity index (χ1v) is 6.66. The number of rotatable bonds is 7. The van der Waals surface area contributed by atoms with Crippen LogP contribution in [0.4, 0.5) is 0 Å². The van der Waals surface area contributed by atoms with E-state index in [0.717, 1.165) is 10.9 Å². The first-order valence-electron chi connectivity index (χ1n) is 6.66. The molecule has 0 bridgehead atoms. The molecule has 2 aromatic rings. The van der Waals surface area contributed by atoms with Crippen LogP contribution < -0.4 is 5.32 Å². The van der Waals surface area contributed by atoms with E-state index in [-0.39, 0.29) is 18.9 Å². The van der Waals surface area contributed by atoms with Gasteiger partial charge in [-0.3, -0.25) is 9.59 Å². The Morgan fingerprint density at radius 1 is 1.33 bits per heavy atom. The van der Waals surface area contributed by atoms with Crippen molar-refractivity contribution in [3.8, 4) is 0 Å². The summed E-state index contributed by atoms with van der Waals surface area (Å²) in [5, 5.41) is 12.6. The minimum absolute atomic E-state index is 0.0567. The number of aliphatic carboxylic acids is 1. The zero-order valence-corrected chi connectivity index (χ0v) is 11.8. The number of hydrogen-bond donors (Lipinski definition) is 2. The molecule has 0 aliphatic rings. The first kappa shape index (κ1) is 15.1. The molecule has 6 heteroatoms. The molecule has 0 unspecified atom stereocenters. The van der Waals surface area contributed by atoms with Crippen LogP contribution in [0.5, 0.6) is 0 Å². The molecule has 0 saturated heterocycles. The molecule has 112 valence electrons. The summed E-state index contributed by atoms with van der Waals surface area (Å²) in [6.45, 7) is 1.07. The van der Waals surface area contributed by atoms with Gasteiger partial charge >= 0.3 is 5.97 Å². The van der Waals surface area contributed by atoms with Crippen molar-refractivity contribution in [1.82, 2.24) is 9.88 Å². The molecule has 0 aliphatic heterocycles. The molecule has 1 heterocycles. The second-order valence-electron chi connectivity index (χ2n) is 4.71. The van der Waals surface area contributed by atoms with E-state index in [9.17, 15) is 9.59 Å². The Kier molecular flexibility index (Phi) is 4.94.